The van der Waals surface area contributed by atoms with Crippen LogP contribution >= 0.6 is 23.2 Å². The molecule has 23 heavy (non-hydrogen) atoms. The zero-order valence-electron chi connectivity index (χ0n) is 12.2. The van der Waals surface area contributed by atoms with Gasteiger partial charge in [0.2, 0.25) is 0 Å². The highest BCUT2D eigenvalue weighted by atomic mass is 35.5. The lowest BCUT2D eigenvalue weighted by Gasteiger charge is -2.14. The largest absolute Gasteiger partial charge is 0.497 e. The third kappa shape index (κ3) is 3.08. The lowest BCUT2D eigenvalue weighted by Crippen LogP contribution is -2.12. The quantitative estimate of drug-likeness (QED) is 0.756. The zero-order valence-corrected chi connectivity index (χ0v) is 13.7. The van der Waals surface area contributed by atoms with E-state index in [9.17, 15) is 9.90 Å². The molecule has 5 nitrogen and oxygen atoms in total. The Morgan fingerprint density at radius 2 is 2.04 bits per heavy atom. The lowest BCUT2D eigenvalue weighted by atomic mass is 10.1. The molecule has 1 atom stereocenters. The normalized spacial score (nSPS) is 12.5. The molecule has 1 aromatic heterocycles. The first kappa shape index (κ1) is 15.9. The fraction of sp³-hybridized carbons (Fsp3) is 0.188. The number of aromatic amines is 1. The lowest BCUT2D eigenvalue weighted by molar-refractivity contribution is 0.153. The maximum Gasteiger partial charge on any atom is 0.272 e. The third-order valence-electron chi connectivity index (χ3n) is 3.65. The van der Waals surface area contributed by atoms with Gasteiger partial charge in [-0.1, -0.05) is 29.3 Å². The van der Waals surface area contributed by atoms with Gasteiger partial charge in [0.05, 0.1) is 30.7 Å². The predicted octanol–water partition coefficient (Wildman–Crippen LogP) is 3.38. The Morgan fingerprint density at radius 3 is 2.74 bits per heavy atom. The van der Waals surface area contributed by atoms with Gasteiger partial charge in [-0.25, -0.2) is 0 Å². The van der Waals surface area contributed by atoms with Crippen molar-refractivity contribution in [2.24, 2.45) is 0 Å². The Balaban J connectivity index is 1.96. The SMILES string of the molecule is COc1ccc2c(c1)c(=O)[nH]n2CC(O)c1ccc(Cl)cc1Cl. The summed E-state index contributed by atoms with van der Waals surface area (Å²) < 4.78 is 6.71. The molecule has 3 rings (SSSR count). The van der Waals surface area contributed by atoms with Gasteiger partial charge >= 0.3 is 0 Å². The highest BCUT2D eigenvalue weighted by Gasteiger charge is 2.15. The molecule has 0 aliphatic heterocycles. The van der Waals surface area contributed by atoms with Crippen molar-refractivity contribution in [3.05, 3.63) is 62.4 Å². The molecule has 0 amide bonds. The molecule has 0 radical (unpaired) electrons. The summed E-state index contributed by atoms with van der Waals surface area (Å²) in [6.07, 6.45) is -0.881. The Morgan fingerprint density at radius 1 is 1.26 bits per heavy atom. The van der Waals surface area contributed by atoms with Crippen LogP contribution in [0.2, 0.25) is 10.0 Å². The summed E-state index contributed by atoms with van der Waals surface area (Å²) in [6, 6.07) is 10.1. The van der Waals surface area contributed by atoms with Gasteiger partial charge in [0, 0.05) is 15.6 Å². The predicted molar refractivity (Wildman–Crippen MR) is 90.5 cm³/mol. The molecular formula is C16H14Cl2N2O3. The minimum absolute atomic E-state index is 0.159. The molecule has 0 bridgehead atoms. The first-order valence-corrected chi connectivity index (χ1v) is 7.65. The average Bonchev–Trinajstić information content (AvgIpc) is 2.82. The first-order valence-electron chi connectivity index (χ1n) is 6.89. The van der Waals surface area contributed by atoms with Crippen LogP contribution in [0, 0.1) is 0 Å². The fourth-order valence-electron chi connectivity index (χ4n) is 2.49. The van der Waals surface area contributed by atoms with Gasteiger partial charge in [-0.2, -0.15) is 0 Å². The number of nitrogens with zero attached hydrogens (tertiary/aromatic N) is 1. The number of benzene rings is 2. The van der Waals surface area contributed by atoms with E-state index < -0.39 is 6.10 Å². The van der Waals surface area contributed by atoms with Crippen molar-refractivity contribution in [3.8, 4) is 5.75 Å². The average molecular weight is 353 g/mol. The molecule has 7 heteroatoms. The molecule has 0 saturated carbocycles. The maximum absolute atomic E-state index is 12.0. The van der Waals surface area contributed by atoms with Crippen LogP contribution in [-0.4, -0.2) is 22.0 Å². The Labute approximate surface area is 142 Å². The minimum atomic E-state index is -0.881. The van der Waals surface area contributed by atoms with E-state index in [1.54, 1.807) is 48.2 Å². The van der Waals surface area contributed by atoms with Gasteiger partial charge in [-0.3, -0.25) is 14.6 Å². The van der Waals surface area contributed by atoms with Crippen molar-refractivity contribution in [2.45, 2.75) is 12.6 Å². The second-order valence-corrected chi connectivity index (χ2v) is 5.96. The topological polar surface area (TPSA) is 67.2 Å². The molecule has 120 valence electrons. The van der Waals surface area contributed by atoms with Gasteiger partial charge < -0.3 is 9.84 Å². The highest BCUT2D eigenvalue weighted by molar-refractivity contribution is 6.35. The summed E-state index contributed by atoms with van der Waals surface area (Å²) in [5.74, 6) is 0.599. The zero-order chi connectivity index (χ0) is 16.6. The number of rotatable bonds is 4. The molecule has 2 N–H and O–H groups in total. The van der Waals surface area contributed by atoms with Crippen molar-refractivity contribution in [1.29, 1.82) is 0 Å². The number of ether oxygens (including phenoxy) is 1. The number of methoxy groups -OCH3 is 1. The second-order valence-electron chi connectivity index (χ2n) is 5.12. The number of aliphatic hydroxyl groups excluding tert-OH is 1. The minimum Gasteiger partial charge on any atom is -0.497 e. The Bertz CT molecular complexity index is 917. The number of hydrogen-bond acceptors (Lipinski definition) is 3. The highest BCUT2D eigenvalue weighted by Crippen LogP contribution is 2.28. The van der Waals surface area contributed by atoms with E-state index in [1.165, 1.54) is 0 Å². The van der Waals surface area contributed by atoms with Crippen LogP contribution in [0.25, 0.3) is 10.9 Å². The van der Waals surface area contributed by atoms with Gasteiger partial charge in [0.25, 0.3) is 5.56 Å². The number of halogens is 2. The van der Waals surface area contributed by atoms with Crippen molar-refractivity contribution in [2.75, 3.05) is 7.11 Å². The van der Waals surface area contributed by atoms with E-state index >= 15 is 0 Å². The van der Waals surface area contributed by atoms with Gasteiger partial charge in [-0.15, -0.1) is 0 Å². The number of hydrogen-bond donors (Lipinski definition) is 2. The summed E-state index contributed by atoms with van der Waals surface area (Å²) in [4.78, 5) is 12.0. The van der Waals surface area contributed by atoms with Crippen LogP contribution in [0.3, 0.4) is 0 Å². The second kappa shape index (κ2) is 6.28. The summed E-state index contributed by atoms with van der Waals surface area (Å²) in [5.41, 5.74) is 0.987. The number of aromatic nitrogens is 2. The monoisotopic (exact) mass is 352 g/mol. The van der Waals surface area contributed by atoms with E-state index in [1.807, 2.05) is 0 Å². The molecule has 1 unspecified atom stereocenters. The molecular weight excluding hydrogens is 339 g/mol. The molecule has 0 aliphatic rings. The molecule has 1 heterocycles. The van der Waals surface area contributed by atoms with E-state index in [-0.39, 0.29) is 12.1 Å². The summed E-state index contributed by atoms with van der Waals surface area (Å²) in [5, 5.41) is 14.5. The van der Waals surface area contributed by atoms with Crippen LogP contribution in [0.5, 0.6) is 5.75 Å². The third-order valence-corrected chi connectivity index (χ3v) is 4.22. The van der Waals surface area contributed by atoms with Crippen LogP contribution in [-0.2, 0) is 6.54 Å². The van der Waals surface area contributed by atoms with Crippen molar-refractivity contribution in [1.82, 2.24) is 9.78 Å². The van der Waals surface area contributed by atoms with Crippen molar-refractivity contribution >= 4 is 34.1 Å². The molecule has 0 saturated heterocycles. The number of fused-ring (bicyclic) bond motifs is 1. The Hall–Kier alpha value is -1.95. The standard InChI is InChI=1S/C16H14Cl2N2O3/c1-23-10-3-5-14-12(7-10)16(22)19-20(14)8-15(21)11-4-2-9(17)6-13(11)18/h2-7,15,21H,8H2,1H3,(H,19,22). The molecule has 0 spiro atoms. The van der Waals surface area contributed by atoms with E-state index in [2.05, 4.69) is 5.10 Å². The molecule has 3 aromatic rings. The molecule has 2 aromatic carbocycles. The number of aliphatic hydroxyl groups is 1. The Kier molecular flexibility index (Phi) is 4.35. The number of H-pyrrole nitrogens is 1. The summed E-state index contributed by atoms with van der Waals surface area (Å²) in [7, 11) is 1.54. The van der Waals surface area contributed by atoms with Crippen LogP contribution in [0.15, 0.2) is 41.2 Å². The number of nitrogens with one attached hydrogen (secondary N) is 1. The van der Waals surface area contributed by atoms with E-state index in [4.69, 9.17) is 27.9 Å². The maximum atomic E-state index is 12.0. The van der Waals surface area contributed by atoms with Crippen LogP contribution in [0.4, 0.5) is 0 Å². The van der Waals surface area contributed by atoms with E-state index in [0.717, 1.165) is 0 Å². The summed E-state index contributed by atoms with van der Waals surface area (Å²) >= 11 is 12.0. The van der Waals surface area contributed by atoms with Gasteiger partial charge in [-0.05, 0) is 30.3 Å². The molecule has 0 fully saturated rings. The fourth-order valence-corrected chi connectivity index (χ4v) is 3.02. The van der Waals surface area contributed by atoms with Gasteiger partial charge in [0.15, 0.2) is 0 Å². The summed E-state index contributed by atoms with van der Waals surface area (Å²) in [6.45, 7) is 0.159. The van der Waals surface area contributed by atoms with Gasteiger partial charge in [0.1, 0.15) is 5.75 Å². The smallest absolute Gasteiger partial charge is 0.272 e. The molecule has 0 aliphatic carbocycles. The van der Waals surface area contributed by atoms with Crippen molar-refractivity contribution < 1.29 is 9.84 Å². The van der Waals surface area contributed by atoms with Crippen LogP contribution in [0.1, 0.15) is 11.7 Å². The van der Waals surface area contributed by atoms with E-state index in [0.29, 0.717) is 32.3 Å². The van der Waals surface area contributed by atoms with Crippen LogP contribution < -0.4 is 10.3 Å². The first-order chi connectivity index (χ1) is 11.0. The van der Waals surface area contributed by atoms with Crippen molar-refractivity contribution in [3.63, 3.8) is 0 Å².